The predicted octanol–water partition coefficient (Wildman–Crippen LogP) is 3.71. The Labute approximate surface area is 123 Å². The van der Waals surface area contributed by atoms with Gasteiger partial charge in [-0.3, -0.25) is 4.79 Å². The summed E-state index contributed by atoms with van der Waals surface area (Å²) in [5, 5.41) is 0.612. The number of fused-ring (bicyclic) bond motifs is 1. The summed E-state index contributed by atoms with van der Waals surface area (Å²) in [7, 11) is 0. The van der Waals surface area contributed by atoms with E-state index in [0.717, 1.165) is 5.56 Å². The number of para-hydroxylation sites is 1. The van der Waals surface area contributed by atoms with Crippen molar-refractivity contribution in [2.24, 2.45) is 0 Å². The molecule has 0 radical (unpaired) electrons. The number of H-pyrrole nitrogens is 1. The summed E-state index contributed by atoms with van der Waals surface area (Å²) in [6.45, 7) is 4.13. The summed E-state index contributed by atoms with van der Waals surface area (Å²) >= 11 is 0. The second-order valence-electron chi connectivity index (χ2n) is 5.16. The van der Waals surface area contributed by atoms with Crippen LogP contribution in [0, 0.1) is 13.8 Å². The van der Waals surface area contributed by atoms with E-state index in [-0.39, 0.29) is 5.56 Å². The highest BCUT2D eigenvalue weighted by Gasteiger charge is 2.01. The largest absolute Gasteiger partial charge is 0.306 e. The monoisotopic (exact) mass is 276 g/mol. The van der Waals surface area contributed by atoms with Crippen molar-refractivity contribution in [3.63, 3.8) is 0 Å². The van der Waals surface area contributed by atoms with Crippen LogP contribution in [-0.2, 0) is 0 Å². The number of benzene rings is 2. The molecule has 0 atom stereocenters. The summed E-state index contributed by atoms with van der Waals surface area (Å²) in [5.41, 5.74) is 4.13. The number of rotatable bonds is 2. The number of aromatic nitrogens is 2. The van der Waals surface area contributed by atoms with Crippen LogP contribution in [0.25, 0.3) is 23.1 Å². The molecular weight excluding hydrogens is 260 g/mol. The van der Waals surface area contributed by atoms with Gasteiger partial charge in [0.1, 0.15) is 5.82 Å². The molecule has 21 heavy (non-hydrogen) atoms. The zero-order valence-corrected chi connectivity index (χ0v) is 12.1. The zero-order valence-electron chi connectivity index (χ0n) is 12.1. The third-order valence-electron chi connectivity index (χ3n) is 3.49. The highest BCUT2D eigenvalue weighted by molar-refractivity contribution is 5.79. The van der Waals surface area contributed by atoms with Crippen LogP contribution in [0.15, 0.2) is 47.3 Å². The van der Waals surface area contributed by atoms with Gasteiger partial charge in [0.25, 0.3) is 5.56 Å². The first kappa shape index (κ1) is 13.3. The molecular formula is C18H16N2O. The van der Waals surface area contributed by atoms with E-state index in [1.807, 2.05) is 30.4 Å². The van der Waals surface area contributed by atoms with E-state index in [9.17, 15) is 4.79 Å². The molecule has 0 unspecified atom stereocenters. The van der Waals surface area contributed by atoms with Gasteiger partial charge in [-0.2, -0.15) is 0 Å². The van der Waals surface area contributed by atoms with Crippen LogP contribution in [0.2, 0.25) is 0 Å². The van der Waals surface area contributed by atoms with Gasteiger partial charge in [-0.1, -0.05) is 42.0 Å². The van der Waals surface area contributed by atoms with Crippen LogP contribution < -0.4 is 5.56 Å². The van der Waals surface area contributed by atoms with Gasteiger partial charge in [-0.05, 0) is 43.2 Å². The Morgan fingerprint density at radius 2 is 1.86 bits per heavy atom. The fraction of sp³-hybridized carbons (Fsp3) is 0.111. The number of nitrogens with zero attached hydrogens (tertiary/aromatic N) is 1. The highest BCUT2D eigenvalue weighted by atomic mass is 16.1. The van der Waals surface area contributed by atoms with Crippen molar-refractivity contribution in [3.8, 4) is 0 Å². The molecule has 0 spiro atoms. The molecule has 0 fully saturated rings. The molecule has 0 bridgehead atoms. The lowest BCUT2D eigenvalue weighted by Gasteiger charge is -2.02. The molecule has 3 aromatic rings. The van der Waals surface area contributed by atoms with E-state index in [1.165, 1.54) is 11.1 Å². The molecule has 104 valence electrons. The molecule has 0 amide bonds. The Morgan fingerprint density at radius 1 is 1.05 bits per heavy atom. The average molecular weight is 276 g/mol. The molecule has 1 N–H and O–H groups in total. The fourth-order valence-corrected chi connectivity index (χ4v) is 2.29. The summed E-state index contributed by atoms with van der Waals surface area (Å²) in [6, 6.07) is 13.6. The Kier molecular flexibility index (Phi) is 3.40. The van der Waals surface area contributed by atoms with Gasteiger partial charge in [0, 0.05) is 0 Å². The highest BCUT2D eigenvalue weighted by Crippen LogP contribution is 2.14. The van der Waals surface area contributed by atoms with Crippen molar-refractivity contribution in [1.29, 1.82) is 0 Å². The molecule has 3 nitrogen and oxygen atoms in total. The van der Waals surface area contributed by atoms with Gasteiger partial charge in [-0.25, -0.2) is 4.98 Å². The van der Waals surface area contributed by atoms with Crippen molar-refractivity contribution in [2.45, 2.75) is 13.8 Å². The molecule has 1 aromatic heterocycles. The Bertz CT molecular complexity index is 891. The van der Waals surface area contributed by atoms with E-state index < -0.39 is 0 Å². The van der Waals surface area contributed by atoms with Crippen LogP contribution in [0.1, 0.15) is 22.5 Å². The summed E-state index contributed by atoms with van der Waals surface area (Å²) in [6.07, 6.45) is 3.82. The lowest BCUT2D eigenvalue weighted by molar-refractivity contribution is 1.14. The Balaban J connectivity index is 2.03. The number of aryl methyl sites for hydroxylation is 2. The molecule has 3 rings (SSSR count). The molecule has 0 aliphatic heterocycles. The molecule has 0 aliphatic rings. The van der Waals surface area contributed by atoms with Crippen LogP contribution >= 0.6 is 0 Å². The van der Waals surface area contributed by atoms with E-state index in [4.69, 9.17) is 0 Å². The minimum atomic E-state index is -0.110. The number of aromatic amines is 1. The molecule has 3 heteroatoms. The van der Waals surface area contributed by atoms with Crippen molar-refractivity contribution in [1.82, 2.24) is 9.97 Å². The molecule has 0 saturated carbocycles. The Morgan fingerprint density at radius 3 is 2.71 bits per heavy atom. The van der Waals surface area contributed by atoms with Crippen LogP contribution in [-0.4, -0.2) is 9.97 Å². The quantitative estimate of drug-likeness (QED) is 0.775. The maximum absolute atomic E-state index is 12.0. The lowest BCUT2D eigenvalue weighted by Crippen LogP contribution is -2.09. The van der Waals surface area contributed by atoms with Gasteiger partial charge in [0.2, 0.25) is 0 Å². The van der Waals surface area contributed by atoms with Crippen LogP contribution in [0.3, 0.4) is 0 Å². The average Bonchev–Trinajstić information content (AvgIpc) is 2.48. The third kappa shape index (κ3) is 2.77. The fourth-order valence-electron chi connectivity index (χ4n) is 2.29. The minimum absolute atomic E-state index is 0.110. The van der Waals surface area contributed by atoms with Crippen LogP contribution in [0.5, 0.6) is 0 Å². The summed E-state index contributed by atoms with van der Waals surface area (Å²) in [5.74, 6) is 0.569. The molecule has 1 heterocycles. The normalized spacial score (nSPS) is 11.3. The first-order valence-corrected chi connectivity index (χ1v) is 6.88. The van der Waals surface area contributed by atoms with E-state index >= 15 is 0 Å². The molecule has 2 aromatic carbocycles. The second-order valence-corrected chi connectivity index (χ2v) is 5.16. The maximum Gasteiger partial charge on any atom is 0.259 e. The lowest BCUT2D eigenvalue weighted by atomic mass is 10.1. The van der Waals surface area contributed by atoms with Crippen molar-refractivity contribution < 1.29 is 0 Å². The standard InChI is InChI=1S/C18H16N2O/c1-12-7-8-13(2)14(11-12)9-10-17-19-16-6-4-3-5-15(16)18(21)20-17/h3-11H,1-2H3,(H,19,20,21). The Hall–Kier alpha value is -2.68. The SMILES string of the molecule is Cc1ccc(C)c(C=Cc2nc3ccccc3c(=O)[nH]2)c1. The van der Waals surface area contributed by atoms with E-state index in [0.29, 0.717) is 16.7 Å². The van der Waals surface area contributed by atoms with E-state index in [2.05, 4.69) is 42.0 Å². The first-order valence-electron chi connectivity index (χ1n) is 6.88. The van der Waals surface area contributed by atoms with Gasteiger partial charge >= 0.3 is 0 Å². The third-order valence-corrected chi connectivity index (χ3v) is 3.49. The van der Waals surface area contributed by atoms with Gasteiger partial charge < -0.3 is 4.98 Å². The van der Waals surface area contributed by atoms with Gasteiger partial charge in [0.15, 0.2) is 0 Å². The number of hydrogen-bond donors (Lipinski definition) is 1. The second kappa shape index (κ2) is 5.37. The summed E-state index contributed by atoms with van der Waals surface area (Å²) < 4.78 is 0. The van der Waals surface area contributed by atoms with Gasteiger partial charge in [-0.15, -0.1) is 0 Å². The predicted molar refractivity (Wildman–Crippen MR) is 87.2 cm³/mol. The van der Waals surface area contributed by atoms with Crippen molar-refractivity contribution >= 4 is 23.1 Å². The molecule has 0 saturated heterocycles. The summed E-state index contributed by atoms with van der Waals surface area (Å²) in [4.78, 5) is 19.3. The molecule has 0 aliphatic carbocycles. The zero-order chi connectivity index (χ0) is 14.8. The van der Waals surface area contributed by atoms with E-state index in [1.54, 1.807) is 6.07 Å². The minimum Gasteiger partial charge on any atom is -0.306 e. The van der Waals surface area contributed by atoms with Crippen LogP contribution in [0.4, 0.5) is 0 Å². The van der Waals surface area contributed by atoms with Crippen molar-refractivity contribution in [2.75, 3.05) is 0 Å². The van der Waals surface area contributed by atoms with Crippen molar-refractivity contribution in [3.05, 3.63) is 75.3 Å². The first-order chi connectivity index (χ1) is 10.1. The number of nitrogens with one attached hydrogen (secondary N) is 1. The number of hydrogen-bond acceptors (Lipinski definition) is 2. The smallest absolute Gasteiger partial charge is 0.259 e. The maximum atomic E-state index is 12.0. The topological polar surface area (TPSA) is 45.8 Å². The van der Waals surface area contributed by atoms with Gasteiger partial charge in [0.05, 0.1) is 10.9 Å².